The van der Waals surface area contributed by atoms with Crippen LogP contribution in [0.1, 0.15) is 285 Å². The van der Waals surface area contributed by atoms with Crippen molar-refractivity contribution in [2.45, 2.75) is 291 Å². The van der Waals surface area contributed by atoms with Crippen LogP contribution in [0.5, 0.6) is 0 Å². The van der Waals surface area contributed by atoms with Crippen LogP contribution in [0.3, 0.4) is 0 Å². The summed E-state index contributed by atoms with van der Waals surface area (Å²) in [5.74, 6) is -0.00343. The predicted molar refractivity (Wildman–Crippen MR) is 243 cm³/mol. The number of hydrogen-bond acceptors (Lipinski definition) is 6. The molecule has 0 aromatic heterocycles. The molecule has 0 rings (SSSR count). The molecule has 0 spiro atoms. The van der Waals surface area contributed by atoms with Crippen molar-refractivity contribution < 1.29 is 28.6 Å². The van der Waals surface area contributed by atoms with Crippen molar-refractivity contribution in [3.63, 3.8) is 0 Å². The van der Waals surface area contributed by atoms with E-state index in [1.165, 1.54) is 180 Å². The van der Waals surface area contributed by atoms with Gasteiger partial charge in [0.25, 0.3) is 0 Å². The third-order valence-electron chi connectivity index (χ3n) is 11.5. The molecule has 57 heavy (non-hydrogen) atoms. The van der Waals surface area contributed by atoms with Crippen LogP contribution < -0.4 is 0 Å². The lowest BCUT2D eigenvalue weighted by Crippen LogP contribution is -2.30. The molecule has 0 fully saturated rings. The van der Waals surface area contributed by atoms with Gasteiger partial charge in [0.15, 0.2) is 6.10 Å². The first-order chi connectivity index (χ1) is 27.9. The summed E-state index contributed by atoms with van der Waals surface area (Å²) in [7, 11) is 0. The largest absolute Gasteiger partial charge is 0.462 e. The highest BCUT2D eigenvalue weighted by atomic mass is 16.6. The summed E-state index contributed by atoms with van der Waals surface area (Å²) >= 11 is 0. The number of carbonyl (C=O) groups excluding carboxylic acids is 3. The number of rotatable bonds is 46. The second-order valence-corrected chi connectivity index (χ2v) is 17.9. The van der Waals surface area contributed by atoms with Crippen molar-refractivity contribution in [2.24, 2.45) is 5.92 Å². The molecule has 0 unspecified atom stereocenters. The molecule has 0 aliphatic carbocycles. The van der Waals surface area contributed by atoms with E-state index in [1.807, 2.05) is 0 Å². The minimum absolute atomic E-state index is 0.0634. The van der Waals surface area contributed by atoms with E-state index < -0.39 is 6.10 Å². The highest BCUT2D eigenvalue weighted by Gasteiger charge is 2.19. The standard InChI is InChI=1S/C51H98O6/c1-5-7-9-11-13-14-15-16-21-24-27-31-34-38-42-49(52)55-45-48(57-51(54)44-40-36-29-12-10-8-6-2)46-56-50(53)43-39-35-32-28-25-22-19-17-18-20-23-26-30-33-37-41-47(3)4/h47-48H,5-46H2,1-4H3/t48-/m0/s1. The summed E-state index contributed by atoms with van der Waals surface area (Å²) in [6, 6.07) is 0. The van der Waals surface area contributed by atoms with E-state index in [-0.39, 0.29) is 31.1 Å². The van der Waals surface area contributed by atoms with Gasteiger partial charge in [-0.15, -0.1) is 0 Å². The molecule has 1 atom stereocenters. The predicted octanol–water partition coefficient (Wildman–Crippen LogP) is 16.3. The number of ether oxygens (including phenoxy) is 3. The van der Waals surface area contributed by atoms with Gasteiger partial charge in [-0.25, -0.2) is 0 Å². The van der Waals surface area contributed by atoms with E-state index in [9.17, 15) is 14.4 Å². The summed E-state index contributed by atoms with van der Waals surface area (Å²) in [5.41, 5.74) is 0. The van der Waals surface area contributed by atoms with Crippen molar-refractivity contribution in [1.82, 2.24) is 0 Å². The fraction of sp³-hybridized carbons (Fsp3) is 0.941. The zero-order chi connectivity index (χ0) is 41.7. The van der Waals surface area contributed by atoms with E-state index >= 15 is 0 Å². The normalized spacial score (nSPS) is 11.9. The Kier molecular flexibility index (Phi) is 44.2. The minimum Gasteiger partial charge on any atom is -0.462 e. The maximum atomic E-state index is 12.6. The monoisotopic (exact) mass is 807 g/mol. The van der Waals surface area contributed by atoms with Crippen molar-refractivity contribution in [2.75, 3.05) is 13.2 Å². The summed E-state index contributed by atoms with van der Waals surface area (Å²) in [5, 5.41) is 0. The highest BCUT2D eigenvalue weighted by Crippen LogP contribution is 2.17. The van der Waals surface area contributed by atoms with Crippen LogP contribution in [0.25, 0.3) is 0 Å². The number of hydrogen-bond donors (Lipinski definition) is 0. The van der Waals surface area contributed by atoms with Crippen LogP contribution in [0.15, 0.2) is 0 Å². The lowest BCUT2D eigenvalue weighted by atomic mass is 10.0. The second kappa shape index (κ2) is 45.5. The first-order valence-electron chi connectivity index (χ1n) is 25.4. The van der Waals surface area contributed by atoms with Crippen molar-refractivity contribution in [3.8, 4) is 0 Å². The van der Waals surface area contributed by atoms with Crippen LogP contribution >= 0.6 is 0 Å². The molecule has 338 valence electrons. The molecule has 0 saturated carbocycles. The van der Waals surface area contributed by atoms with Gasteiger partial charge >= 0.3 is 17.9 Å². The maximum absolute atomic E-state index is 12.6. The average molecular weight is 807 g/mol. The summed E-state index contributed by atoms with van der Waals surface area (Å²) in [4.78, 5) is 37.7. The van der Waals surface area contributed by atoms with E-state index in [2.05, 4.69) is 27.7 Å². The third kappa shape index (κ3) is 45.3. The molecule has 0 aromatic rings. The summed E-state index contributed by atoms with van der Waals surface area (Å²) in [6.07, 6.45) is 46.7. The van der Waals surface area contributed by atoms with Crippen LogP contribution in [-0.2, 0) is 28.6 Å². The lowest BCUT2D eigenvalue weighted by Gasteiger charge is -2.18. The smallest absolute Gasteiger partial charge is 0.306 e. The minimum atomic E-state index is -0.758. The van der Waals surface area contributed by atoms with E-state index in [0.717, 1.165) is 63.7 Å². The molecular formula is C51H98O6. The molecule has 0 aliphatic heterocycles. The molecule has 0 saturated heterocycles. The van der Waals surface area contributed by atoms with Gasteiger partial charge in [-0.1, -0.05) is 246 Å². The van der Waals surface area contributed by atoms with Crippen LogP contribution in [0, 0.1) is 5.92 Å². The Morgan fingerprint density at radius 1 is 0.333 bits per heavy atom. The molecule has 6 nitrogen and oxygen atoms in total. The fourth-order valence-corrected chi connectivity index (χ4v) is 7.69. The van der Waals surface area contributed by atoms with Crippen molar-refractivity contribution in [1.29, 1.82) is 0 Å². The number of esters is 3. The van der Waals surface area contributed by atoms with Crippen LogP contribution in [-0.4, -0.2) is 37.2 Å². The number of unbranched alkanes of at least 4 members (excludes halogenated alkanes) is 33. The quantitative estimate of drug-likeness (QED) is 0.0346. The van der Waals surface area contributed by atoms with Gasteiger partial charge < -0.3 is 14.2 Å². The Labute approximate surface area is 355 Å². The van der Waals surface area contributed by atoms with Crippen LogP contribution in [0.2, 0.25) is 0 Å². The van der Waals surface area contributed by atoms with E-state index in [0.29, 0.717) is 19.3 Å². The Hall–Kier alpha value is -1.59. The van der Waals surface area contributed by atoms with Crippen LogP contribution in [0.4, 0.5) is 0 Å². The summed E-state index contributed by atoms with van der Waals surface area (Å²) in [6.45, 7) is 9.00. The molecular weight excluding hydrogens is 709 g/mol. The van der Waals surface area contributed by atoms with Gasteiger partial charge in [0.2, 0.25) is 0 Å². The maximum Gasteiger partial charge on any atom is 0.306 e. The topological polar surface area (TPSA) is 78.9 Å². The molecule has 0 aliphatic rings. The fourth-order valence-electron chi connectivity index (χ4n) is 7.69. The third-order valence-corrected chi connectivity index (χ3v) is 11.5. The second-order valence-electron chi connectivity index (χ2n) is 17.9. The molecule has 0 radical (unpaired) electrons. The Balaban J connectivity index is 4.15. The Morgan fingerprint density at radius 2 is 0.579 bits per heavy atom. The molecule has 0 N–H and O–H groups in total. The van der Waals surface area contributed by atoms with Crippen molar-refractivity contribution >= 4 is 17.9 Å². The lowest BCUT2D eigenvalue weighted by molar-refractivity contribution is -0.167. The van der Waals surface area contributed by atoms with Gasteiger partial charge in [0.05, 0.1) is 0 Å². The molecule has 0 aromatic carbocycles. The molecule has 6 heteroatoms. The number of carbonyl (C=O) groups is 3. The summed E-state index contributed by atoms with van der Waals surface area (Å²) < 4.78 is 16.7. The zero-order valence-electron chi connectivity index (χ0n) is 38.8. The zero-order valence-corrected chi connectivity index (χ0v) is 38.8. The van der Waals surface area contributed by atoms with Crippen molar-refractivity contribution in [3.05, 3.63) is 0 Å². The SMILES string of the molecule is CCCCCCCCCCCCCCCCC(=O)OC[C@@H](COC(=O)CCCCCCCCCCCCCCCCCC(C)C)OC(=O)CCCCCCCCC. The Bertz CT molecular complexity index is 857. The molecule has 0 heterocycles. The molecule has 0 bridgehead atoms. The average Bonchev–Trinajstić information content (AvgIpc) is 3.19. The van der Waals surface area contributed by atoms with E-state index in [4.69, 9.17) is 14.2 Å². The van der Waals surface area contributed by atoms with Gasteiger partial charge in [-0.2, -0.15) is 0 Å². The Morgan fingerprint density at radius 3 is 0.860 bits per heavy atom. The van der Waals surface area contributed by atoms with E-state index in [1.54, 1.807) is 0 Å². The first kappa shape index (κ1) is 55.4. The molecule has 0 amide bonds. The first-order valence-corrected chi connectivity index (χ1v) is 25.4. The van der Waals surface area contributed by atoms with Gasteiger partial charge in [-0.3, -0.25) is 14.4 Å². The van der Waals surface area contributed by atoms with Gasteiger partial charge in [-0.05, 0) is 25.2 Å². The highest BCUT2D eigenvalue weighted by molar-refractivity contribution is 5.71. The van der Waals surface area contributed by atoms with Gasteiger partial charge in [0, 0.05) is 19.3 Å². The van der Waals surface area contributed by atoms with Gasteiger partial charge in [0.1, 0.15) is 13.2 Å².